The lowest BCUT2D eigenvalue weighted by Crippen LogP contribution is -2.12. The predicted octanol–water partition coefficient (Wildman–Crippen LogP) is 1.54. The third-order valence-corrected chi connectivity index (χ3v) is 1.63. The van der Waals surface area contributed by atoms with Crippen LogP contribution in [0.15, 0.2) is 24.5 Å². The Kier molecular flexibility index (Phi) is 3.46. The van der Waals surface area contributed by atoms with Gasteiger partial charge in [0.25, 0.3) is 0 Å². The zero-order chi connectivity index (χ0) is 9.68. The minimum atomic E-state index is 0.148. The molecule has 13 heavy (non-hydrogen) atoms. The third kappa shape index (κ3) is 3.25. The first-order valence-electron chi connectivity index (χ1n) is 4.25. The second-order valence-corrected chi connectivity index (χ2v) is 3.05. The SMILES string of the molecule is C[C@H](N)C/C=C/c1cnccc1O. The fourth-order valence-corrected chi connectivity index (χ4v) is 0.937. The number of aromatic hydroxyl groups is 1. The van der Waals surface area contributed by atoms with Gasteiger partial charge >= 0.3 is 0 Å². The molecule has 0 aliphatic heterocycles. The van der Waals surface area contributed by atoms with Crippen LogP contribution in [0.3, 0.4) is 0 Å². The molecule has 3 N–H and O–H groups in total. The zero-order valence-corrected chi connectivity index (χ0v) is 7.64. The highest BCUT2D eigenvalue weighted by Crippen LogP contribution is 2.15. The van der Waals surface area contributed by atoms with E-state index in [1.165, 1.54) is 0 Å². The summed E-state index contributed by atoms with van der Waals surface area (Å²) in [4.78, 5) is 3.90. The lowest BCUT2D eigenvalue weighted by molar-refractivity contribution is 0.473. The highest BCUT2D eigenvalue weighted by atomic mass is 16.3. The number of aromatic nitrogens is 1. The second kappa shape index (κ2) is 4.62. The Labute approximate surface area is 77.9 Å². The van der Waals surface area contributed by atoms with Crippen LogP contribution in [-0.4, -0.2) is 16.1 Å². The lowest BCUT2D eigenvalue weighted by Gasteiger charge is -1.99. The smallest absolute Gasteiger partial charge is 0.125 e. The van der Waals surface area contributed by atoms with E-state index < -0.39 is 0 Å². The average Bonchev–Trinajstić information content (AvgIpc) is 2.08. The van der Waals surface area contributed by atoms with Crippen LogP contribution in [0.25, 0.3) is 6.08 Å². The van der Waals surface area contributed by atoms with E-state index in [9.17, 15) is 5.11 Å². The standard InChI is InChI=1S/C10H14N2O/c1-8(11)3-2-4-9-7-12-6-5-10(9)13/h2,4-8H,3,11H2,1H3,(H,12,13)/b4-2+/t8-/m0/s1. The molecular weight excluding hydrogens is 164 g/mol. The topological polar surface area (TPSA) is 59.1 Å². The molecule has 3 heteroatoms. The van der Waals surface area contributed by atoms with Gasteiger partial charge < -0.3 is 10.8 Å². The van der Waals surface area contributed by atoms with Crippen LogP contribution >= 0.6 is 0 Å². The maximum atomic E-state index is 9.35. The summed E-state index contributed by atoms with van der Waals surface area (Å²) in [6.45, 7) is 1.94. The Balaban J connectivity index is 2.63. The summed E-state index contributed by atoms with van der Waals surface area (Å²) >= 11 is 0. The molecule has 1 aromatic heterocycles. The summed E-state index contributed by atoms with van der Waals surface area (Å²) in [6.07, 6.45) is 7.73. The highest BCUT2D eigenvalue weighted by Gasteiger charge is 1.94. The minimum Gasteiger partial charge on any atom is -0.507 e. The van der Waals surface area contributed by atoms with Gasteiger partial charge in [-0.05, 0) is 19.4 Å². The average molecular weight is 178 g/mol. The van der Waals surface area contributed by atoms with Crippen molar-refractivity contribution in [2.45, 2.75) is 19.4 Å². The molecule has 0 bridgehead atoms. The molecular formula is C10H14N2O. The van der Waals surface area contributed by atoms with Crippen molar-refractivity contribution in [3.63, 3.8) is 0 Å². The molecule has 0 saturated heterocycles. The van der Waals surface area contributed by atoms with Crippen LogP contribution in [0.2, 0.25) is 0 Å². The van der Waals surface area contributed by atoms with Gasteiger partial charge in [0.2, 0.25) is 0 Å². The van der Waals surface area contributed by atoms with Gasteiger partial charge in [0.1, 0.15) is 5.75 Å². The molecule has 70 valence electrons. The van der Waals surface area contributed by atoms with Crippen molar-refractivity contribution >= 4 is 6.08 Å². The normalized spacial score (nSPS) is 13.4. The van der Waals surface area contributed by atoms with Gasteiger partial charge in [-0.15, -0.1) is 0 Å². The molecule has 0 amide bonds. The quantitative estimate of drug-likeness (QED) is 0.738. The molecule has 0 aromatic carbocycles. The molecule has 1 rings (SSSR count). The van der Waals surface area contributed by atoms with Crippen molar-refractivity contribution in [2.24, 2.45) is 5.73 Å². The van der Waals surface area contributed by atoms with E-state index in [1.54, 1.807) is 18.5 Å². The second-order valence-electron chi connectivity index (χ2n) is 3.05. The zero-order valence-electron chi connectivity index (χ0n) is 7.64. The van der Waals surface area contributed by atoms with Gasteiger partial charge in [-0.2, -0.15) is 0 Å². The van der Waals surface area contributed by atoms with Crippen molar-refractivity contribution in [3.05, 3.63) is 30.1 Å². The number of rotatable bonds is 3. The van der Waals surface area contributed by atoms with E-state index in [1.807, 2.05) is 19.1 Å². The molecule has 1 atom stereocenters. The van der Waals surface area contributed by atoms with Crippen LogP contribution < -0.4 is 5.73 Å². The first kappa shape index (κ1) is 9.74. The first-order chi connectivity index (χ1) is 6.20. The van der Waals surface area contributed by atoms with Crippen LogP contribution in [-0.2, 0) is 0 Å². The van der Waals surface area contributed by atoms with Crippen molar-refractivity contribution in [1.82, 2.24) is 4.98 Å². The van der Waals surface area contributed by atoms with Crippen LogP contribution in [0.1, 0.15) is 18.9 Å². The van der Waals surface area contributed by atoms with Gasteiger partial charge in [-0.1, -0.05) is 12.2 Å². The number of hydrogen-bond acceptors (Lipinski definition) is 3. The fraction of sp³-hybridized carbons (Fsp3) is 0.300. The Morgan fingerprint density at radius 2 is 2.46 bits per heavy atom. The van der Waals surface area contributed by atoms with Crippen molar-refractivity contribution < 1.29 is 5.11 Å². The van der Waals surface area contributed by atoms with Crippen LogP contribution in [0.5, 0.6) is 5.75 Å². The maximum absolute atomic E-state index is 9.35. The Hall–Kier alpha value is -1.35. The molecule has 0 aliphatic carbocycles. The summed E-state index contributed by atoms with van der Waals surface area (Å²) in [7, 11) is 0. The minimum absolute atomic E-state index is 0.148. The van der Waals surface area contributed by atoms with Crippen LogP contribution in [0.4, 0.5) is 0 Å². The fourth-order valence-electron chi connectivity index (χ4n) is 0.937. The van der Waals surface area contributed by atoms with Crippen molar-refractivity contribution in [3.8, 4) is 5.75 Å². The van der Waals surface area contributed by atoms with E-state index in [0.717, 1.165) is 12.0 Å². The summed E-state index contributed by atoms with van der Waals surface area (Å²) in [5.74, 6) is 0.246. The molecule has 1 heterocycles. The molecule has 0 unspecified atom stereocenters. The van der Waals surface area contributed by atoms with Crippen molar-refractivity contribution in [1.29, 1.82) is 0 Å². The molecule has 0 saturated carbocycles. The molecule has 1 aromatic rings. The van der Waals surface area contributed by atoms with E-state index in [2.05, 4.69) is 4.98 Å². The first-order valence-corrected chi connectivity index (χ1v) is 4.25. The van der Waals surface area contributed by atoms with Gasteiger partial charge in [0, 0.05) is 24.0 Å². The van der Waals surface area contributed by atoms with E-state index in [-0.39, 0.29) is 11.8 Å². The molecule has 0 aliphatic rings. The number of pyridine rings is 1. The molecule has 0 radical (unpaired) electrons. The summed E-state index contributed by atoms with van der Waals surface area (Å²) < 4.78 is 0. The molecule has 3 nitrogen and oxygen atoms in total. The van der Waals surface area contributed by atoms with E-state index in [4.69, 9.17) is 5.73 Å². The molecule has 0 spiro atoms. The Bertz CT molecular complexity index is 295. The molecule has 0 fully saturated rings. The van der Waals surface area contributed by atoms with Gasteiger partial charge in [-0.3, -0.25) is 4.98 Å². The highest BCUT2D eigenvalue weighted by molar-refractivity contribution is 5.55. The largest absolute Gasteiger partial charge is 0.507 e. The number of nitrogens with zero attached hydrogens (tertiary/aromatic N) is 1. The van der Waals surface area contributed by atoms with Gasteiger partial charge in [0.05, 0.1) is 0 Å². The Morgan fingerprint density at radius 1 is 1.69 bits per heavy atom. The van der Waals surface area contributed by atoms with E-state index in [0.29, 0.717) is 0 Å². The van der Waals surface area contributed by atoms with Gasteiger partial charge in [0.15, 0.2) is 0 Å². The number of nitrogens with two attached hydrogens (primary N) is 1. The van der Waals surface area contributed by atoms with E-state index >= 15 is 0 Å². The summed E-state index contributed by atoms with van der Waals surface area (Å²) in [5, 5.41) is 9.35. The summed E-state index contributed by atoms with van der Waals surface area (Å²) in [5.41, 5.74) is 6.29. The van der Waals surface area contributed by atoms with Gasteiger partial charge in [-0.25, -0.2) is 0 Å². The Morgan fingerprint density at radius 3 is 3.08 bits per heavy atom. The lowest BCUT2D eigenvalue weighted by atomic mass is 10.2. The van der Waals surface area contributed by atoms with Crippen molar-refractivity contribution in [2.75, 3.05) is 0 Å². The maximum Gasteiger partial charge on any atom is 0.125 e. The summed E-state index contributed by atoms with van der Waals surface area (Å²) in [6, 6.07) is 1.71. The predicted molar refractivity (Wildman–Crippen MR) is 53.2 cm³/mol. The third-order valence-electron chi connectivity index (χ3n) is 1.63. The monoisotopic (exact) mass is 178 g/mol. The van der Waals surface area contributed by atoms with Crippen LogP contribution in [0, 0.1) is 0 Å². The number of hydrogen-bond donors (Lipinski definition) is 2.